The molecule has 1 amide bonds. The van der Waals surface area contributed by atoms with Gasteiger partial charge >= 0.3 is 5.97 Å². The lowest BCUT2D eigenvalue weighted by Gasteiger charge is -2.16. The van der Waals surface area contributed by atoms with Crippen LogP contribution in [0.4, 0.5) is 0 Å². The van der Waals surface area contributed by atoms with Crippen LogP contribution in [0.5, 0.6) is 0 Å². The van der Waals surface area contributed by atoms with Gasteiger partial charge in [0.1, 0.15) is 0 Å². The fraction of sp³-hybridized carbons (Fsp3) is 0.882. The lowest BCUT2D eigenvalue weighted by atomic mass is 10.1. The molecule has 1 saturated heterocycles. The van der Waals surface area contributed by atoms with Gasteiger partial charge in [-0.3, -0.25) is 4.79 Å². The molecule has 23 heavy (non-hydrogen) atoms. The van der Waals surface area contributed by atoms with Crippen molar-refractivity contribution in [2.45, 2.75) is 77.5 Å². The Hall–Kier alpha value is -1.14. The molecule has 6 heteroatoms. The molecule has 134 valence electrons. The van der Waals surface area contributed by atoms with Crippen LogP contribution in [0.25, 0.3) is 0 Å². The largest absolute Gasteiger partial charge is 0.454 e. The second-order valence-electron chi connectivity index (χ2n) is 6.18. The Morgan fingerprint density at radius 2 is 2.09 bits per heavy atom. The van der Waals surface area contributed by atoms with Crippen molar-refractivity contribution in [2.75, 3.05) is 19.8 Å². The van der Waals surface area contributed by atoms with E-state index in [0.717, 1.165) is 45.1 Å². The molecule has 0 spiro atoms. The summed E-state index contributed by atoms with van der Waals surface area (Å²) in [7, 11) is 0. The number of esters is 1. The number of nitrogens with one attached hydrogen (secondary N) is 1. The lowest BCUT2D eigenvalue weighted by Crippen LogP contribution is -2.37. The van der Waals surface area contributed by atoms with Crippen LogP contribution in [-0.2, 0) is 23.8 Å². The van der Waals surface area contributed by atoms with Gasteiger partial charge in [-0.1, -0.05) is 26.2 Å². The molecule has 1 aliphatic heterocycles. The zero-order valence-corrected chi connectivity index (χ0v) is 14.6. The highest BCUT2D eigenvalue weighted by Gasteiger charge is 2.21. The maximum atomic E-state index is 11.8. The molecule has 1 fully saturated rings. The van der Waals surface area contributed by atoms with E-state index in [1.54, 1.807) is 6.92 Å². The van der Waals surface area contributed by atoms with Gasteiger partial charge in [-0.2, -0.15) is 0 Å². The van der Waals surface area contributed by atoms with Crippen molar-refractivity contribution in [1.29, 1.82) is 0 Å². The van der Waals surface area contributed by atoms with Crippen LogP contribution in [-0.4, -0.2) is 49.9 Å². The Balaban J connectivity index is 2.11. The lowest BCUT2D eigenvalue weighted by molar-refractivity contribution is -0.160. The third kappa shape index (κ3) is 8.91. The summed E-state index contributed by atoms with van der Waals surface area (Å²) in [6.45, 7) is 6.61. The van der Waals surface area contributed by atoms with Crippen LogP contribution in [0.15, 0.2) is 0 Å². The summed E-state index contributed by atoms with van der Waals surface area (Å²) in [6.07, 6.45) is 5.72. The Morgan fingerprint density at radius 3 is 2.74 bits per heavy atom. The first-order valence-corrected chi connectivity index (χ1v) is 8.72. The molecule has 0 bridgehead atoms. The van der Waals surface area contributed by atoms with Crippen LogP contribution in [0.2, 0.25) is 0 Å². The number of hydrogen-bond donors (Lipinski definition) is 1. The van der Waals surface area contributed by atoms with Crippen LogP contribution in [0.3, 0.4) is 0 Å². The zero-order chi connectivity index (χ0) is 17.1. The van der Waals surface area contributed by atoms with Crippen LogP contribution < -0.4 is 5.32 Å². The van der Waals surface area contributed by atoms with E-state index in [1.165, 1.54) is 0 Å². The minimum atomic E-state index is -0.686. The predicted octanol–water partition coefficient (Wildman–Crippen LogP) is 2.20. The summed E-state index contributed by atoms with van der Waals surface area (Å²) in [5, 5.41) is 2.83. The summed E-state index contributed by atoms with van der Waals surface area (Å²) >= 11 is 0. The Bertz CT molecular complexity index is 355. The van der Waals surface area contributed by atoms with E-state index in [-0.39, 0.29) is 24.7 Å². The maximum absolute atomic E-state index is 11.8. The third-order valence-corrected chi connectivity index (χ3v) is 3.88. The van der Waals surface area contributed by atoms with Crippen LogP contribution in [0, 0.1) is 0 Å². The molecule has 1 rings (SSSR count). The summed E-state index contributed by atoms with van der Waals surface area (Å²) in [5.41, 5.74) is 0. The zero-order valence-electron chi connectivity index (χ0n) is 14.6. The molecule has 3 atom stereocenters. The summed E-state index contributed by atoms with van der Waals surface area (Å²) in [5.74, 6) is -0.787. The molecule has 0 saturated carbocycles. The van der Waals surface area contributed by atoms with Gasteiger partial charge < -0.3 is 19.5 Å². The number of carbonyl (C=O) groups is 2. The van der Waals surface area contributed by atoms with E-state index in [1.807, 2.05) is 6.92 Å². The van der Waals surface area contributed by atoms with Crippen molar-refractivity contribution < 1.29 is 23.8 Å². The first-order chi connectivity index (χ1) is 11.0. The average Bonchev–Trinajstić information content (AvgIpc) is 3.03. The molecule has 1 heterocycles. The molecule has 0 aliphatic carbocycles. The summed E-state index contributed by atoms with van der Waals surface area (Å²) in [4.78, 5) is 23.5. The number of ether oxygens (including phenoxy) is 3. The number of hydrogen-bond acceptors (Lipinski definition) is 5. The van der Waals surface area contributed by atoms with E-state index in [4.69, 9.17) is 14.2 Å². The fourth-order valence-electron chi connectivity index (χ4n) is 2.44. The topological polar surface area (TPSA) is 73.9 Å². The molecule has 0 aromatic carbocycles. The molecular weight excluding hydrogens is 298 g/mol. The van der Waals surface area contributed by atoms with Crippen molar-refractivity contribution in [3.8, 4) is 0 Å². The van der Waals surface area contributed by atoms with Crippen molar-refractivity contribution in [3.05, 3.63) is 0 Å². The van der Waals surface area contributed by atoms with Gasteiger partial charge in [-0.25, -0.2) is 4.79 Å². The highest BCUT2D eigenvalue weighted by Crippen LogP contribution is 2.13. The summed E-state index contributed by atoms with van der Waals surface area (Å²) < 4.78 is 15.8. The number of carbonyl (C=O) groups excluding carboxylic acids is 2. The van der Waals surface area contributed by atoms with Gasteiger partial charge in [-0.15, -0.1) is 0 Å². The average molecular weight is 329 g/mol. The number of unbranched alkanes of at least 4 members (excludes halogenated alkanes) is 2. The molecule has 0 aromatic heterocycles. The number of amides is 1. The standard InChI is InChI=1S/C17H31NO5/c1-4-5-6-8-13(2)18-16(19)12-23-17(20)14(3)22-11-15-9-7-10-21-15/h13-15H,4-12H2,1-3H3,(H,18,19). The molecule has 0 aromatic rings. The first-order valence-electron chi connectivity index (χ1n) is 8.72. The van der Waals surface area contributed by atoms with Gasteiger partial charge in [0.25, 0.3) is 5.91 Å². The first kappa shape index (κ1) is 19.9. The molecular formula is C17H31NO5. The second kappa shape index (κ2) is 11.4. The van der Waals surface area contributed by atoms with Crippen molar-refractivity contribution >= 4 is 11.9 Å². The van der Waals surface area contributed by atoms with Gasteiger partial charge in [0.15, 0.2) is 12.7 Å². The highest BCUT2D eigenvalue weighted by molar-refractivity contribution is 5.81. The maximum Gasteiger partial charge on any atom is 0.335 e. The monoisotopic (exact) mass is 329 g/mol. The number of rotatable bonds is 11. The Labute approximate surface area is 139 Å². The molecule has 6 nitrogen and oxygen atoms in total. The normalized spacial score (nSPS) is 20.0. The minimum Gasteiger partial charge on any atom is -0.454 e. The van der Waals surface area contributed by atoms with Gasteiger partial charge in [-0.05, 0) is 33.1 Å². The van der Waals surface area contributed by atoms with E-state index in [2.05, 4.69) is 12.2 Å². The van der Waals surface area contributed by atoms with Gasteiger partial charge in [0.2, 0.25) is 0 Å². The third-order valence-electron chi connectivity index (χ3n) is 3.88. The highest BCUT2D eigenvalue weighted by atomic mass is 16.6. The van der Waals surface area contributed by atoms with Crippen LogP contribution >= 0.6 is 0 Å². The second-order valence-corrected chi connectivity index (χ2v) is 6.18. The van der Waals surface area contributed by atoms with Crippen molar-refractivity contribution in [2.24, 2.45) is 0 Å². The smallest absolute Gasteiger partial charge is 0.335 e. The minimum absolute atomic E-state index is 0.0671. The SMILES string of the molecule is CCCCCC(C)NC(=O)COC(=O)C(C)OCC1CCCO1. The molecule has 0 radical (unpaired) electrons. The quantitative estimate of drug-likeness (QED) is 0.465. The van der Waals surface area contributed by atoms with E-state index < -0.39 is 12.1 Å². The fourth-order valence-corrected chi connectivity index (χ4v) is 2.44. The van der Waals surface area contributed by atoms with Gasteiger partial charge in [0, 0.05) is 12.6 Å². The van der Waals surface area contributed by atoms with E-state index in [0.29, 0.717) is 6.61 Å². The van der Waals surface area contributed by atoms with Crippen molar-refractivity contribution in [3.63, 3.8) is 0 Å². The Kier molecular flexibility index (Phi) is 9.87. The van der Waals surface area contributed by atoms with Crippen molar-refractivity contribution in [1.82, 2.24) is 5.32 Å². The van der Waals surface area contributed by atoms with E-state index >= 15 is 0 Å². The van der Waals surface area contributed by atoms with Gasteiger partial charge in [0.05, 0.1) is 12.7 Å². The predicted molar refractivity (Wildman–Crippen MR) is 87.1 cm³/mol. The Morgan fingerprint density at radius 1 is 1.30 bits per heavy atom. The molecule has 1 aliphatic rings. The summed E-state index contributed by atoms with van der Waals surface area (Å²) in [6, 6.07) is 0.0981. The molecule has 1 N–H and O–H groups in total. The molecule has 3 unspecified atom stereocenters. The van der Waals surface area contributed by atoms with E-state index in [9.17, 15) is 9.59 Å². The van der Waals surface area contributed by atoms with Crippen LogP contribution in [0.1, 0.15) is 59.3 Å².